The van der Waals surface area contributed by atoms with Crippen LogP contribution >= 0.6 is 0 Å². The van der Waals surface area contributed by atoms with E-state index in [2.05, 4.69) is 0 Å². The molecular formula is C8H15BO2. The largest absolute Gasteiger partial charge is 0.481 e. The van der Waals surface area contributed by atoms with E-state index in [-0.39, 0.29) is 5.41 Å². The molecule has 3 heteroatoms. The van der Waals surface area contributed by atoms with E-state index in [4.69, 9.17) is 13.0 Å². The number of carbonyl (C=O) groups is 1. The molecule has 0 aliphatic rings. The van der Waals surface area contributed by atoms with Crippen molar-refractivity contribution in [1.29, 1.82) is 0 Å². The normalized spacial score (nSPS) is 17.5. The minimum atomic E-state index is -1.10. The minimum absolute atomic E-state index is 0.0398. The molecule has 1 unspecified atom stereocenters. The van der Waals surface area contributed by atoms with Crippen LogP contribution in [-0.4, -0.2) is 18.9 Å². The van der Waals surface area contributed by atoms with Crippen molar-refractivity contribution < 1.29 is 9.90 Å². The lowest BCUT2D eigenvalue weighted by atomic mass is 9.62. The number of carboxylic acids is 1. The van der Waals surface area contributed by atoms with Gasteiger partial charge in [-0.2, -0.15) is 0 Å². The Morgan fingerprint density at radius 1 is 1.36 bits per heavy atom. The van der Waals surface area contributed by atoms with Crippen LogP contribution in [0.15, 0.2) is 0 Å². The lowest BCUT2D eigenvalue weighted by Crippen LogP contribution is -2.26. The zero-order valence-corrected chi connectivity index (χ0v) is 7.64. The van der Waals surface area contributed by atoms with Crippen molar-refractivity contribution in [2.45, 2.75) is 39.4 Å². The Morgan fingerprint density at radius 2 is 1.73 bits per heavy atom. The van der Waals surface area contributed by atoms with Crippen LogP contribution in [0, 0.1) is 5.41 Å². The lowest BCUT2D eigenvalue weighted by molar-refractivity contribution is -0.141. The van der Waals surface area contributed by atoms with Crippen molar-refractivity contribution in [2.24, 2.45) is 5.41 Å². The Labute approximate surface area is 69.4 Å². The molecular weight excluding hydrogens is 139 g/mol. The zero-order chi connectivity index (χ0) is 9.28. The molecule has 0 amide bonds. The van der Waals surface area contributed by atoms with Crippen LogP contribution in [0.25, 0.3) is 0 Å². The average Bonchev–Trinajstić information content (AvgIpc) is 1.56. The first kappa shape index (κ1) is 10.5. The summed E-state index contributed by atoms with van der Waals surface area (Å²) in [5.41, 5.74) is -0.0398. The maximum atomic E-state index is 10.6. The van der Waals surface area contributed by atoms with Crippen molar-refractivity contribution in [1.82, 2.24) is 0 Å². The Hall–Kier alpha value is -0.465. The van der Waals surface area contributed by atoms with E-state index in [1.165, 1.54) is 0 Å². The molecule has 0 rings (SSSR count). The molecule has 11 heavy (non-hydrogen) atoms. The molecule has 2 radical (unpaired) electrons. The smallest absolute Gasteiger partial charge is 0.300 e. The van der Waals surface area contributed by atoms with Crippen LogP contribution in [0.2, 0.25) is 5.31 Å². The van der Waals surface area contributed by atoms with Gasteiger partial charge in [0.25, 0.3) is 5.97 Å². The third-order valence-electron chi connectivity index (χ3n) is 1.39. The topological polar surface area (TPSA) is 37.3 Å². The molecule has 62 valence electrons. The highest BCUT2D eigenvalue weighted by molar-refractivity contribution is 6.26. The summed E-state index contributed by atoms with van der Waals surface area (Å²) in [6.07, 6.45) is 0.481. The predicted octanol–water partition coefficient (Wildman–Crippen LogP) is 1.85. The van der Waals surface area contributed by atoms with Crippen LogP contribution in [0.4, 0.5) is 0 Å². The second kappa shape index (κ2) is 2.88. The fraction of sp³-hybridized carbons (Fsp3) is 0.875. The van der Waals surface area contributed by atoms with Gasteiger partial charge in [-0.1, -0.05) is 27.7 Å². The second-order valence-corrected chi connectivity index (χ2v) is 4.46. The third kappa shape index (κ3) is 4.07. The summed E-state index contributed by atoms with van der Waals surface area (Å²) in [4.78, 5) is 10.6. The Balaban J connectivity index is 4.25. The average molecular weight is 154 g/mol. The third-order valence-corrected chi connectivity index (χ3v) is 1.39. The van der Waals surface area contributed by atoms with Gasteiger partial charge in [0.15, 0.2) is 0 Å². The second-order valence-electron chi connectivity index (χ2n) is 4.46. The Kier molecular flexibility index (Phi) is 2.76. The highest BCUT2D eigenvalue weighted by atomic mass is 16.4. The van der Waals surface area contributed by atoms with Gasteiger partial charge in [-0.3, -0.25) is 4.79 Å². The number of carboxylic acid groups (broad SMARTS) is 1. The van der Waals surface area contributed by atoms with Gasteiger partial charge in [-0.05, 0) is 11.8 Å². The van der Waals surface area contributed by atoms with Crippen molar-refractivity contribution in [3.8, 4) is 0 Å². The zero-order valence-electron chi connectivity index (χ0n) is 7.64. The first-order valence-electron chi connectivity index (χ1n) is 3.67. The molecule has 0 saturated heterocycles. The Bertz CT molecular complexity index is 156. The predicted molar refractivity (Wildman–Crippen MR) is 45.8 cm³/mol. The van der Waals surface area contributed by atoms with Crippen LogP contribution < -0.4 is 0 Å². The maximum Gasteiger partial charge on any atom is 0.300 e. The monoisotopic (exact) mass is 154 g/mol. The highest BCUT2D eigenvalue weighted by Crippen LogP contribution is 2.36. The Morgan fingerprint density at radius 3 is 1.82 bits per heavy atom. The molecule has 0 aliphatic heterocycles. The van der Waals surface area contributed by atoms with Crippen molar-refractivity contribution in [2.75, 3.05) is 0 Å². The van der Waals surface area contributed by atoms with Gasteiger partial charge in [0.2, 0.25) is 0 Å². The van der Waals surface area contributed by atoms with E-state index < -0.39 is 11.3 Å². The van der Waals surface area contributed by atoms with Gasteiger partial charge in [-0.15, -0.1) is 0 Å². The summed E-state index contributed by atoms with van der Waals surface area (Å²) in [5.74, 6) is -0.938. The van der Waals surface area contributed by atoms with Gasteiger partial charge < -0.3 is 5.11 Å². The molecule has 0 bridgehead atoms. The molecule has 1 atom stereocenters. The summed E-state index contributed by atoms with van der Waals surface area (Å²) in [7, 11) is 5.55. The summed E-state index contributed by atoms with van der Waals surface area (Å²) >= 11 is 0. The van der Waals surface area contributed by atoms with E-state index in [9.17, 15) is 4.79 Å². The summed E-state index contributed by atoms with van der Waals surface area (Å²) < 4.78 is 0. The standard InChI is InChI=1S/C8H15BO2/c1-7(2,3)5-8(4,9)6(10)11/h5H2,1-4H3,(H,10,11). The summed E-state index contributed by atoms with van der Waals surface area (Å²) in [6, 6.07) is 0. The van der Waals surface area contributed by atoms with Crippen LogP contribution in [-0.2, 0) is 4.79 Å². The first-order chi connectivity index (χ1) is 4.65. The SMILES string of the molecule is [B]C(C)(CC(C)(C)C)C(=O)O. The molecule has 0 heterocycles. The van der Waals surface area contributed by atoms with Crippen LogP contribution in [0.5, 0.6) is 0 Å². The van der Waals surface area contributed by atoms with Gasteiger partial charge >= 0.3 is 0 Å². The van der Waals surface area contributed by atoms with E-state index in [0.29, 0.717) is 6.42 Å². The summed E-state index contributed by atoms with van der Waals surface area (Å²) in [5, 5.41) is 7.58. The van der Waals surface area contributed by atoms with Gasteiger partial charge in [0.1, 0.15) is 0 Å². The quantitative estimate of drug-likeness (QED) is 0.616. The van der Waals surface area contributed by atoms with E-state index in [1.807, 2.05) is 20.8 Å². The minimum Gasteiger partial charge on any atom is -0.481 e. The number of hydrogen-bond donors (Lipinski definition) is 1. The van der Waals surface area contributed by atoms with Crippen molar-refractivity contribution in [3.63, 3.8) is 0 Å². The fourth-order valence-corrected chi connectivity index (χ4v) is 1.18. The van der Waals surface area contributed by atoms with E-state index in [1.54, 1.807) is 6.92 Å². The molecule has 0 aromatic heterocycles. The maximum absolute atomic E-state index is 10.6. The molecule has 0 aromatic rings. The van der Waals surface area contributed by atoms with Crippen LogP contribution in [0.3, 0.4) is 0 Å². The number of aliphatic carboxylic acids is 1. The van der Waals surface area contributed by atoms with Crippen molar-refractivity contribution >= 4 is 13.8 Å². The molecule has 2 nitrogen and oxygen atoms in total. The highest BCUT2D eigenvalue weighted by Gasteiger charge is 2.31. The summed E-state index contributed by atoms with van der Waals surface area (Å²) in [6.45, 7) is 7.46. The molecule has 0 aliphatic carbocycles. The van der Waals surface area contributed by atoms with Crippen molar-refractivity contribution in [3.05, 3.63) is 0 Å². The molecule has 1 N–H and O–H groups in total. The molecule has 0 spiro atoms. The van der Waals surface area contributed by atoms with Gasteiger partial charge in [-0.25, -0.2) is 0 Å². The van der Waals surface area contributed by atoms with E-state index in [0.717, 1.165) is 0 Å². The first-order valence-corrected chi connectivity index (χ1v) is 3.67. The molecule has 0 aromatic carbocycles. The number of hydrogen-bond acceptors (Lipinski definition) is 1. The molecule has 0 saturated carbocycles. The molecule has 0 fully saturated rings. The van der Waals surface area contributed by atoms with Crippen LogP contribution in [0.1, 0.15) is 34.1 Å². The number of rotatable bonds is 2. The van der Waals surface area contributed by atoms with E-state index >= 15 is 0 Å². The lowest BCUT2D eigenvalue weighted by Gasteiger charge is -2.28. The van der Waals surface area contributed by atoms with Gasteiger partial charge in [0, 0.05) is 5.31 Å². The fourth-order valence-electron chi connectivity index (χ4n) is 1.18. The van der Waals surface area contributed by atoms with Gasteiger partial charge in [0.05, 0.1) is 7.85 Å².